The van der Waals surface area contributed by atoms with Gasteiger partial charge in [-0.25, -0.2) is 0 Å². The Morgan fingerprint density at radius 3 is 2.00 bits per heavy atom. The van der Waals surface area contributed by atoms with E-state index < -0.39 is 0 Å². The molecule has 0 atom stereocenters. The zero-order valence-electron chi connectivity index (χ0n) is 9.70. The molecular weight excluding hydrogens is 204 g/mol. The van der Waals surface area contributed by atoms with Crippen LogP contribution in [0.4, 0.5) is 0 Å². The maximum Gasteiger partial charge on any atom is -0.00965 e. The first-order chi connectivity index (χ1) is 8.33. The molecule has 0 unspecified atom stereocenters. The fourth-order valence-corrected chi connectivity index (χ4v) is 2.74. The summed E-state index contributed by atoms with van der Waals surface area (Å²) in [5.74, 6) is 0. The van der Waals surface area contributed by atoms with Crippen LogP contribution in [0.15, 0.2) is 54.6 Å². The molecule has 2 bridgehead atoms. The molecule has 0 saturated heterocycles. The van der Waals surface area contributed by atoms with Gasteiger partial charge in [-0.2, -0.15) is 0 Å². The molecule has 0 fully saturated rings. The lowest BCUT2D eigenvalue weighted by molar-refractivity contribution is 1.47. The maximum atomic E-state index is 2.30. The second-order valence-electron chi connectivity index (χ2n) is 4.79. The van der Waals surface area contributed by atoms with Gasteiger partial charge in [0.1, 0.15) is 0 Å². The van der Waals surface area contributed by atoms with Gasteiger partial charge in [0.15, 0.2) is 0 Å². The summed E-state index contributed by atoms with van der Waals surface area (Å²) in [5.41, 5.74) is 9.51. The number of hydrogen-bond acceptors (Lipinski definition) is 0. The van der Waals surface area contributed by atoms with Crippen LogP contribution in [0.3, 0.4) is 0 Å². The summed E-state index contributed by atoms with van der Waals surface area (Å²) < 4.78 is 0. The van der Waals surface area contributed by atoms with Crippen molar-refractivity contribution in [3.05, 3.63) is 60.2 Å². The summed E-state index contributed by atoms with van der Waals surface area (Å²) in [6.45, 7) is 2.16. The Kier molecular flexibility index (Phi) is 1.58. The predicted octanol–water partition coefficient (Wildman–Crippen LogP) is 4.75. The Labute approximate surface area is 101 Å². The first-order valence-corrected chi connectivity index (χ1v) is 5.97. The monoisotopic (exact) mass is 216 g/mol. The highest BCUT2D eigenvalue weighted by atomic mass is 14.2. The molecule has 0 aromatic heterocycles. The van der Waals surface area contributed by atoms with E-state index in [9.17, 15) is 0 Å². The molecule has 0 amide bonds. The fourth-order valence-electron chi connectivity index (χ4n) is 2.74. The molecule has 2 aliphatic rings. The summed E-state index contributed by atoms with van der Waals surface area (Å²) in [5, 5.41) is 0. The second-order valence-corrected chi connectivity index (χ2v) is 4.79. The van der Waals surface area contributed by atoms with Crippen molar-refractivity contribution in [3.8, 4) is 33.4 Å². The van der Waals surface area contributed by atoms with Crippen LogP contribution in [-0.4, -0.2) is 0 Å². The van der Waals surface area contributed by atoms with Crippen molar-refractivity contribution >= 4 is 0 Å². The number of rotatable bonds is 0. The first kappa shape index (κ1) is 9.00. The number of benzene rings is 2. The average Bonchev–Trinajstić information content (AvgIpc) is 2.50. The largest absolute Gasteiger partial charge is 0.0616 e. The molecule has 0 nitrogen and oxygen atoms in total. The highest BCUT2D eigenvalue weighted by molar-refractivity contribution is 5.99. The third-order valence-corrected chi connectivity index (χ3v) is 3.64. The zero-order valence-corrected chi connectivity index (χ0v) is 9.70. The molecule has 3 aromatic carbocycles. The van der Waals surface area contributed by atoms with Crippen LogP contribution < -0.4 is 0 Å². The minimum Gasteiger partial charge on any atom is -0.0616 e. The summed E-state index contributed by atoms with van der Waals surface area (Å²) in [6, 6.07) is 20.0. The Balaban J connectivity index is 2.16. The van der Waals surface area contributed by atoms with Crippen LogP contribution >= 0.6 is 0 Å². The molecule has 80 valence electrons. The fraction of sp³-hybridized carbons (Fsp3) is 0.0588. The van der Waals surface area contributed by atoms with Gasteiger partial charge in [-0.05, 0) is 52.4 Å². The molecule has 0 aliphatic heterocycles. The van der Waals surface area contributed by atoms with Crippen molar-refractivity contribution in [3.63, 3.8) is 0 Å². The lowest BCUT2D eigenvalue weighted by Crippen LogP contribution is -1.84. The van der Waals surface area contributed by atoms with Crippen LogP contribution in [0.2, 0.25) is 0 Å². The predicted molar refractivity (Wildman–Crippen MR) is 72.2 cm³/mol. The molecule has 3 aromatic rings. The average molecular weight is 216 g/mol. The number of hydrogen-bond donors (Lipinski definition) is 0. The third-order valence-electron chi connectivity index (χ3n) is 3.64. The Morgan fingerprint density at radius 2 is 1.24 bits per heavy atom. The Bertz CT molecular complexity index is 695. The van der Waals surface area contributed by atoms with E-state index in [2.05, 4.69) is 61.5 Å². The smallest absolute Gasteiger partial charge is 0.00965 e. The first-order valence-electron chi connectivity index (χ1n) is 5.97. The van der Waals surface area contributed by atoms with Gasteiger partial charge in [0, 0.05) is 0 Å². The summed E-state index contributed by atoms with van der Waals surface area (Å²) in [4.78, 5) is 0. The van der Waals surface area contributed by atoms with Gasteiger partial charge in [-0.3, -0.25) is 0 Å². The Hall–Kier alpha value is -2.08. The highest BCUT2D eigenvalue weighted by Gasteiger charge is 2.20. The van der Waals surface area contributed by atoms with Gasteiger partial charge in [0.25, 0.3) is 0 Å². The quantitative estimate of drug-likeness (QED) is 0.398. The van der Waals surface area contributed by atoms with Crippen LogP contribution in [0.25, 0.3) is 33.4 Å². The minimum atomic E-state index is 1.32. The molecule has 0 saturated carbocycles. The Morgan fingerprint density at radius 1 is 0.588 bits per heavy atom. The number of aryl methyl sites for hydroxylation is 1. The molecule has 0 heteroatoms. The standard InChI is InChI=1S/C17H12/c1-11-6-7-15-13-9-12(10-13)14-4-2-3-5-16(14)17(15)8-11/h2-10H,1H3. The molecule has 0 radical (unpaired) electrons. The van der Waals surface area contributed by atoms with E-state index in [1.807, 2.05) is 0 Å². The lowest BCUT2D eigenvalue weighted by Gasteiger charge is -2.09. The van der Waals surface area contributed by atoms with E-state index in [0.29, 0.717) is 0 Å². The second kappa shape index (κ2) is 2.98. The van der Waals surface area contributed by atoms with E-state index >= 15 is 0 Å². The molecule has 2 aliphatic carbocycles. The SMILES string of the molecule is Cc1ccc2c(c1)-c1ccccc1-c1cc-2c1. The zero-order chi connectivity index (χ0) is 11.4. The van der Waals surface area contributed by atoms with Crippen molar-refractivity contribution < 1.29 is 0 Å². The van der Waals surface area contributed by atoms with E-state index in [-0.39, 0.29) is 0 Å². The van der Waals surface area contributed by atoms with Gasteiger partial charge in [-0.15, -0.1) is 0 Å². The van der Waals surface area contributed by atoms with Crippen LogP contribution in [0, 0.1) is 6.92 Å². The highest BCUT2D eigenvalue weighted by Crippen LogP contribution is 2.46. The van der Waals surface area contributed by atoms with Crippen LogP contribution in [0.1, 0.15) is 5.56 Å². The molecule has 0 N–H and O–H groups in total. The maximum absolute atomic E-state index is 2.30. The van der Waals surface area contributed by atoms with Gasteiger partial charge < -0.3 is 0 Å². The van der Waals surface area contributed by atoms with Crippen LogP contribution in [-0.2, 0) is 0 Å². The van der Waals surface area contributed by atoms with E-state index in [1.165, 1.54) is 38.9 Å². The topological polar surface area (TPSA) is 0 Å². The van der Waals surface area contributed by atoms with E-state index in [1.54, 1.807) is 0 Å². The summed E-state index contributed by atoms with van der Waals surface area (Å²) in [6.07, 6.45) is 0. The lowest BCUT2D eigenvalue weighted by atomic mass is 9.95. The molecule has 5 rings (SSSR count). The van der Waals surface area contributed by atoms with E-state index in [4.69, 9.17) is 0 Å². The van der Waals surface area contributed by atoms with Crippen molar-refractivity contribution in [2.24, 2.45) is 0 Å². The molecular formula is C17H12. The van der Waals surface area contributed by atoms with Crippen LogP contribution in [0.5, 0.6) is 0 Å². The minimum absolute atomic E-state index is 1.32. The third kappa shape index (κ3) is 1.13. The molecule has 0 spiro atoms. The summed E-state index contributed by atoms with van der Waals surface area (Å²) in [7, 11) is 0. The molecule has 17 heavy (non-hydrogen) atoms. The normalized spacial score (nSPS) is 11.8. The van der Waals surface area contributed by atoms with Crippen molar-refractivity contribution in [1.82, 2.24) is 0 Å². The van der Waals surface area contributed by atoms with Gasteiger partial charge in [0.05, 0.1) is 0 Å². The summed E-state index contributed by atoms with van der Waals surface area (Å²) >= 11 is 0. The van der Waals surface area contributed by atoms with E-state index in [0.717, 1.165) is 0 Å². The molecule has 0 heterocycles. The van der Waals surface area contributed by atoms with Gasteiger partial charge in [0.2, 0.25) is 0 Å². The van der Waals surface area contributed by atoms with Crippen molar-refractivity contribution in [2.75, 3.05) is 0 Å². The van der Waals surface area contributed by atoms with Gasteiger partial charge in [-0.1, -0.05) is 48.0 Å². The van der Waals surface area contributed by atoms with Crippen molar-refractivity contribution in [2.45, 2.75) is 6.92 Å². The van der Waals surface area contributed by atoms with Gasteiger partial charge >= 0.3 is 0 Å². The van der Waals surface area contributed by atoms with Crippen molar-refractivity contribution in [1.29, 1.82) is 0 Å².